The molecule has 0 aliphatic carbocycles. The molecule has 0 aliphatic heterocycles. The molecule has 0 aromatic carbocycles. The Morgan fingerprint density at radius 3 is 2.75 bits per heavy atom. The van der Waals surface area contributed by atoms with E-state index in [9.17, 15) is 0 Å². The number of rotatable bonds is 3. The van der Waals surface area contributed by atoms with Crippen LogP contribution in [0.3, 0.4) is 0 Å². The third-order valence-corrected chi connectivity index (χ3v) is 1.00. The van der Waals surface area contributed by atoms with Crippen molar-refractivity contribution in [2.75, 3.05) is 0 Å². The van der Waals surface area contributed by atoms with Gasteiger partial charge >= 0.3 is 0 Å². The van der Waals surface area contributed by atoms with Crippen LogP contribution in [0.1, 0.15) is 19.8 Å². The monoisotopic (exact) mass is 146 g/mol. The van der Waals surface area contributed by atoms with Crippen LogP contribution in [0, 0.1) is 0 Å². The number of thiocarbonyl (C=S) groups is 1. The lowest BCUT2D eigenvalue weighted by molar-refractivity contribution is 0.960. The highest BCUT2D eigenvalue weighted by Gasteiger charge is 1.75. The lowest BCUT2D eigenvalue weighted by atomic mass is 10.3. The van der Waals surface area contributed by atoms with E-state index in [0.717, 1.165) is 6.42 Å². The van der Waals surface area contributed by atoms with Crippen LogP contribution in [0.25, 0.3) is 0 Å². The van der Waals surface area contributed by atoms with Crippen molar-refractivity contribution >= 4 is 29.0 Å². The molecule has 0 radical (unpaired) electrons. The molecule has 0 N–H and O–H groups in total. The van der Waals surface area contributed by atoms with Gasteiger partial charge in [0.05, 0.1) is 4.20 Å². The van der Waals surface area contributed by atoms with Crippen LogP contribution in [0.4, 0.5) is 0 Å². The first kappa shape index (κ1) is 8.18. The first-order chi connectivity index (χ1) is 3.77. The molecule has 2 heteroatoms. The van der Waals surface area contributed by atoms with Crippen molar-refractivity contribution in [2.24, 2.45) is 0 Å². The first-order valence-corrected chi connectivity index (χ1v) is 3.52. The van der Waals surface area contributed by atoms with Crippen molar-refractivity contribution in [2.45, 2.75) is 19.8 Å². The minimum atomic E-state index is 0.665. The average molecular weight is 146 g/mol. The molecule has 0 aromatic heterocycles. The van der Waals surface area contributed by atoms with E-state index in [0.29, 0.717) is 4.20 Å². The molecule has 46 valence electrons. The maximum Gasteiger partial charge on any atom is 0.0672 e. The Bertz CT molecular complexity index is 94.7. The fraction of sp³-hybridized carbons (Fsp3) is 0.500. The van der Waals surface area contributed by atoms with Gasteiger partial charge in [-0.05, 0) is 12.5 Å². The molecule has 0 atom stereocenters. The Morgan fingerprint density at radius 1 is 1.75 bits per heavy atom. The number of hydrogen-bond acceptors (Lipinski definition) is 1. The van der Waals surface area contributed by atoms with Gasteiger partial charge in [0.15, 0.2) is 0 Å². The molecule has 0 heterocycles. The lowest BCUT2D eigenvalue weighted by Crippen LogP contribution is -1.69. The van der Waals surface area contributed by atoms with Crippen molar-refractivity contribution in [3.8, 4) is 0 Å². The Kier molecular flexibility index (Phi) is 5.44. The Hall–Kier alpha value is 0.180. The van der Waals surface area contributed by atoms with Crippen molar-refractivity contribution < 1.29 is 0 Å². The SMILES string of the molecule is CCCC=CC(=S)S. The summed E-state index contributed by atoms with van der Waals surface area (Å²) in [5, 5.41) is 0. The predicted molar refractivity (Wildman–Crippen MR) is 45.6 cm³/mol. The fourth-order valence-electron chi connectivity index (χ4n) is 0.351. The third-order valence-electron chi connectivity index (χ3n) is 0.716. The van der Waals surface area contributed by atoms with Gasteiger partial charge in [-0.15, -0.1) is 12.6 Å². The summed E-state index contributed by atoms with van der Waals surface area (Å²) in [4.78, 5) is 0. The Labute approximate surface area is 61.4 Å². The summed E-state index contributed by atoms with van der Waals surface area (Å²) in [5.74, 6) is 0. The Balaban J connectivity index is 3.20. The zero-order valence-electron chi connectivity index (χ0n) is 4.92. The van der Waals surface area contributed by atoms with E-state index in [4.69, 9.17) is 0 Å². The van der Waals surface area contributed by atoms with Crippen LogP contribution < -0.4 is 0 Å². The zero-order valence-corrected chi connectivity index (χ0v) is 6.64. The summed E-state index contributed by atoms with van der Waals surface area (Å²) >= 11 is 8.60. The van der Waals surface area contributed by atoms with Gasteiger partial charge < -0.3 is 0 Å². The molecule has 0 fully saturated rings. The van der Waals surface area contributed by atoms with Crippen LogP contribution in [0.15, 0.2) is 12.2 Å². The maximum absolute atomic E-state index is 4.69. The number of allylic oxidation sites excluding steroid dienone is 1. The van der Waals surface area contributed by atoms with Gasteiger partial charge in [-0.3, -0.25) is 0 Å². The standard InChI is InChI=1S/C6H10S2/c1-2-3-4-5-6(7)8/h4-5H,2-3H2,1H3,(H,7,8). The van der Waals surface area contributed by atoms with Gasteiger partial charge in [0, 0.05) is 0 Å². The second-order valence-electron chi connectivity index (χ2n) is 1.53. The second-order valence-corrected chi connectivity index (χ2v) is 2.75. The van der Waals surface area contributed by atoms with E-state index in [1.807, 2.05) is 12.2 Å². The molecule has 0 unspecified atom stereocenters. The van der Waals surface area contributed by atoms with E-state index in [1.54, 1.807) is 0 Å². The largest absolute Gasteiger partial charge is 0.132 e. The first-order valence-electron chi connectivity index (χ1n) is 2.67. The summed E-state index contributed by atoms with van der Waals surface area (Å²) < 4.78 is 0.665. The lowest BCUT2D eigenvalue weighted by Gasteiger charge is -1.81. The normalized spacial score (nSPS) is 10.2. The van der Waals surface area contributed by atoms with Gasteiger partial charge in [0.1, 0.15) is 0 Å². The van der Waals surface area contributed by atoms with Gasteiger partial charge in [-0.25, -0.2) is 0 Å². The molecular weight excluding hydrogens is 136 g/mol. The Morgan fingerprint density at radius 2 is 2.38 bits per heavy atom. The minimum absolute atomic E-state index is 0.665. The van der Waals surface area contributed by atoms with Crippen LogP contribution >= 0.6 is 24.8 Å². The fourth-order valence-corrected chi connectivity index (χ4v) is 0.552. The molecule has 0 bridgehead atoms. The molecule has 0 nitrogen and oxygen atoms in total. The molecule has 0 saturated heterocycles. The summed E-state index contributed by atoms with van der Waals surface area (Å²) in [7, 11) is 0. The maximum atomic E-state index is 4.69. The molecule has 0 spiro atoms. The van der Waals surface area contributed by atoms with Crippen molar-refractivity contribution in [3.05, 3.63) is 12.2 Å². The summed E-state index contributed by atoms with van der Waals surface area (Å²) in [6.07, 6.45) is 6.16. The molecule has 0 aromatic rings. The average Bonchev–Trinajstić information content (AvgIpc) is 1.66. The highest BCUT2D eigenvalue weighted by atomic mass is 32.1. The highest BCUT2D eigenvalue weighted by Crippen LogP contribution is 1.91. The highest BCUT2D eigenvalue weighted by molar-refractivity contribution is 8.11. The third kappa shape index (κ3) is 6.18. The second kappa shape index (κ2) is 5.32. The number of thiol groups is 1. The van der Waals surface area contributed by atoms with Crippen LogP contribution in [0.5, 0.6) is 0 Å². The van der Waals surface area contributed by atoms with E-state index < -0.39 is 0 Å². The minimum Gasteiger partial charge on any atom is -0.132 e. The van der Waals surface area contributed by atoms with Gasteiger partial charge in [0.2, 0.25) is 0 Å². The summed E-state index contributed by atoms with van der Waals surface area (Å²) in [6.45, 7) is 2.13. The van der Waals surface area contributed by atoms with E-state index in [2.05, 4.69) is 31.8 Å². The van der Waals surface area contributed by atoms with Crippen molar-refractivity contribution in [3.63, 3.8) is 0 Å². The topological polar surface area (TPSA) is 0 Å². The van der Waals surface area contributed by atoms with E-state index in [-0.39, 0.29) is 0 Å². The van der Waals surface area contributed by atoms with Gasteiger partial charge in [-0.1, -0.05) is 31.6 Å². The number of hydrogen-bond donors (Lipinski definition) is 1. The quantitative estimate of drug-likeness (QED) is 0.363. The van der Waals surface area contributed by atoms with E-state index in [1.165, 1.54) is 6.42 Å². The smallest absolute Gasteiger partial charge is 0.0672 e. The molecule has 0 amide bonds. The summed E-state index contributed by atoms with van der Waals surface area (Å²) in [5.41, 5.74) is 0. The van der Waals surface area contributed by atoms with Crippen LogP contribution in [0.2, 0.25) is 0 Å². The zero-order chi connectivity index (χ0) is 6.41. The summed E-state index contributed by atoms with van der Waals surface area (Å²) in [6, 6.07) is 0. The molecular formula is C6H10S2. The van der Waals surface area contributed by atoms with Gasteiger partial charge in [0.25, 0.3) is 0 Å². The predicted octanol–water partition coefficient (Wildman–Crippen LogP) is 2.60. The molecule has 0 saturated carbocycles. The van der Waals surface area contributed by atoms with Crippen LogP contribution in [-0.2, 0) is 0 Å². The molecule has 0 rings (SSSR count). The van der Waals surface area contributed by atoms with Crippen molar-refractivity contribution in [1.82, 2.24) is 0 Å². The van der Waals surface area contributed by atoms with Crippen molar-refractivity contribution in [1.29, 1.82) is 0 Å². The van der Waals surface area contributed by atoms with Crippen LogP contribution in [-0.4, -0.2) is 4.20 Å². The van der Waals surface area contributed by atoms with E-state index >= 15 is 0 Å². The molecule has 0 aliphatic rings. The number of unbranched alkanes of at least 4 members (excludes halogenated alkanes) is 1. The molecule has 8 heavy (non-hydrogen) atoms. The van der Waals surface area contributed by atoms with Gasteiger partial charge in [-0.2, -0.15) is 0 Å².